The molecule has 3 rings (SSSR count). The van der Waals surface area contributed by atoms with Crippen molar-refractivity contribution in [1.82, 2.24) is 0 Å². The van der Waals surface area contributed by atoms with Crippen molar-refractivity contribution in [3.8, 4) is 5.75 Å². The summed E-state index contributed by atoms with van der Waals surface area (Å²) in [6, 6.07) is 12.4. The molecular formula is C29H36F2O. The Balaban J connectivity index is 1.43. The number of benzene rings is 2. The van der Waals surface area contributed by atoms with Gasteiger partial charge >= 0.3 is 0 Å². The van der Waals surface area contributed by atoms with E-state index in [0.29, 0.717) is 30.4 Å². The van der Waals surface area contributed by atoms with Gasteiger partial charge in [-0.1, -0.05) is 54.6 Å². The van der Waals surface area contributed by atoms with Crippen LogP contribution in [0.1, 0.15) is 75.0 Å². The molecule has 2 aromatic rings. The van der Waals surface area contributed by atoms with Crippen LogP contribution >= 0.6 is 0 Å². The molecule has 32 heavy (non-hydrogen) atoms. The molecule has 1 aliphatic rings. The van der Waals surface area contributed by atoms with Gasteiger partial charge in [0.15, 0.2) is 11.6 Å². The summed E-state index contributed by atoms with van der Waals surface area (Å²) in [6.45, 7) is 4.15. The van der Waals surface area contributed by atoms with E-state index in [0.717, 1.165) is 19.3 Å². The van der Waals surface area contributed by atoms with Crippen LogP contribution in [-0.4, -0.2) is 6.61 Å². The zero-order valence-corrected chi connectivity index (χ0v) is 19.5. The third kappa shape index (κ3) is 6.79. The van der Waals surface area contributed by atoms with E-state index in [4.69, 9.17) is 4.74 Å². The Morgan fingerprint density at radius 1 is 0.875 bits per heavy atom. The van der Waals surface area contributed by atoms with Crippen molar-refractivity contribution >= 4 is 0 Å². The second kappa shape index (κ2) is 12.6. The predicted molar refractivity (Wildman–Crippen MR) is 129 cm³/mol. The lowest BCUT2D eigenvalue weighted by Crippen LogP contribution is -2.11. The fraction of sp³-hybridized carbons (Fsp3) is 0.448. The highest BCUT2D eigenvalue weighted by atomic mass is 19.2. The highest BCUT2D eigenvalue weighted by Gasteiger charge is 2.20. The maximum absolute atomic E-state index is 14.2. The van der Waals surface area contributed by atoms with Crippen molar-refractivity contribution in [2.75, 3.05) is 6.61 Å². The molecule has 0 heterocycles. The lowest BCUT2D eigenvalue weighted by molar-refractivity contribution is 0.313. The highest BCUT2D eigenvalue weighted by Crippen LogP contribution is 2.36. The molecule has 1 fully saturated rings. The lowest BCUT2D eigenvalue weighted by atomic mass is 9.78. The maximum Gasteiger partial charge on any atom is 0.200 e. The molecule has 0 unspecified atom stereocenters. The van der Waals surface area contributed by atoms with E-state index in [2.05, 4.69) is 55.5 Å². The van der Waals surface area contributed by atoms with Crippen molar-refractivity contribution in [2.24, 2.45) is 5.92 Å². The van der Waals surface area contributed by atoms with Gasteiger partial charge in [-0.3, -0.25) is 0 Å². The molecule has 1 nitrogen and oxygen atoms in total. The first-order chi connectivity index (χ1) is 15.6. The molecule has 2 aromatic carbocycles. The largest absolute Gasteiger partial charge is 0.491 e. The van der Waals surface area contributed by atoms with E-state index in [1.165, 1.54) is 42.9 Å². The van der Waals surface area contributed by atoms with Crippen LogP contribution in [0.2, 0.25) is 0 Å². The zero-order valence-electron chi connectivity index (χ0n) is 19.5. The Hall–Kier alpha value is -2.42. The standard InChI is InChI=1S/C29H36F2O/c1-3-5-6-9-22-12-16-24(17-13-22)25-18-14-23(15-19-25)10-7-8-11-26-20-21-27(32-4-2)29(31)28(26)30/h3,5,7,10,12-13,16-17,20-21,23,25H,4,6,8-9,11,14-15,18-19H2,1-2H3. The summed E-state index contributed by atoms with van der Waals surface area (Å²) < 4.78 is 33.3. The molecule has 0 amide bonds. The fourth-order valence-electron chi connectivity index (χ4n) is 4.58. The first-order valence-corrected chi connectivity index (χ1v) is 12.1. The molecule has 1 aliphatic carbocycles. The number of aryl methyl sites for hydroxylation is 2. The normalized spacial score (nSPS) is 19.1. The van der Waals surface area contributed by atoms with E-state index in [1.54, 1.807) is 13.0 Å². The molecule has 0 radical (unpaired) electrons. The molecule has 172 valence electrons. The summed E-state index contributed by atoms with van der Waals surface area (Å²) >= 11 is 0. The van der Waals surface area contributed by atoms with E-state index >= 15 is 0 Å². The van der Waals surface area contributed by atoms with Crippen molar-refractivity contribution in [2.45, 2.75) is 71.1 Å². The summed E-state index contributed by atoms with van der Waals surface area (Å²) in [6.07, 6.45) is 17.0. The number of ether oxygens (including phenoxy) is 1. The minimum atomic E-state index is -0.877. The summed E-state index contributed by atoms with van der Waals surface area (Å²) in [5.74, 6) is -0.419. The number of rotatable bonds is 10. The quantitative estimate of drug-likeness (QED) is 0.339. The Bertz CT molecular complexity index is 890. The van der Waals surface area contributed by atoms with Gasteiger partial charge in [-0.25, -0.2) is 4.39 Å². The molecule has 0 bridgehead atoms. The molecule has 1 saturated carbocycles. The third-order valence-electron chi connectivity index (χ3n) is 6.47. The Morgan fingerprint density at radius 3 is 2.28 bits per heavy atom. The molecule has 3 heteroatoms. The van der Waals surface area contributed by atoms with Crippen LogP contribution in [0.15, 0.2) is 60.7 Å². The van der Waals surface area contributed by atoms with Gasteiger partial charge in [-0.05, 0) is 99.8 Å². The van der Waals surface area contributed by atoms with Gasteiger partial charge in [0.2, 0.25) is 5.82 Å². The Kier molecular flexibility index (Phi) is 9.52. The van der Waals surface area contributed by atoms with E-state index in [1.807, 2.05) is 0 Å². The minimum Gasteiger partial charge on any atom is -0.491 e. The molecule has 0 aromatic heterocycles. The zero-order chi connectivity index (χ0) is 22.8. The fourth-order valence-corrected chi connectivity index (χ4v) is 4.58. The Morgan fingerprint density at radius 2 is 1.59 bits per heavy atom. The average molecular weight is 439 g/mol. The van der Waals surface area contributed by atoms with Gasteiger partial charge < -0.3 is 4.74 Å². The van der Waals surface area contributed by atoms with Crippen LogP contribution in [0, 0.1) is 17.6 Å². The van der Waals surface area contributed by atoms with Crippen LogP contribution in [0.5, 0.6) is 5.75 Å². The first kappa shape index (κ1) is 24.2. The van der Waals surface area contributed by atoms with Gasteiger partial charge in [-0.2, -0.15) is 4.39 Å². The molecule has 0 N–H and O–H groups in total. The molecular weight excluding hydrogens is 402 g/mol. The SMILES string of the molecule is CC=CCCc1ccc(C2CCC(C=CCCc3ccc(OCC)c(F)c3F)CC2)cc1. The topological polar surface area (TPSA) is 9.23 Å². The van der Waals surface area contributed by atoms with Gasteiger partial charge in [0, 0.05) is 0 Å². The molecule has 0 spiro atoms. The number of halogens is 2. The van der Waals surface area contributed by atoms with Crippen molar-refractivity contribution < 1.29 is 13.5 Å². The van der Waals surface area contributed by atoms with Gasteiger partial charge in [0.25, 0.3) is 0 Å². The molecule has 0 aliphatic heterocycles. The maximum atomic E-state index is 14.2. The smallest absolute Gasteiger partial charge is 0.200 e. The minimum absolute atomic E-state index is 0.00987. The highest BCUT2D eigenvalue weighted by molar-refractivity contribution is 5.31. The van der Waals surface area contributed by atoms with Crippen LogP contribution in [0.25, 0.3) is 0 Å². The Labute approximate surface area is 192 Å². The average Bonchev–Trinajstić information content (AvgIpc) is 2.82. The number of allylic oxidation sites excluding steroid dienone is 4. The van der Waals surface area contributed by atoms with Crippen molar-refractivity contribution in [3.63, 3.8) is 0 Å². The first-order valence-electron chi connectivity index (χ1n) is 12.1. The second-order valence-electron chi connectivity index (χ2n) is 8.71. The number of hydrogen-bond donors (Lipinski definition) is 0. The van der Waals surface area contributed by atoms with Crippen LogP contribution < -0.4 is 4.74 Å². The van der Waals surface area contributed by atoms with Crippen LogP contribution in [-0.2, 0) is 12.8 Å². The van der Waals surface area contributed by atoms with Crippen molar-refractivity contribution in [3.05, 3.63) is 89.0 Å². The molecule has 0 atom stereocenters. The van der Waals surface area contributed by atoms with E-state index in [-0.39, 0.29) is 5.75 Å². The van der Waals surface area contributed by atoms with Crippen molar-refractivity contribution in [1.29, 1.82) is 0 Å². The summed E-state index contributed by atoms with van der Waals surface area (Å²) in [4.78, 5) is 0. The lowest BCUT2D eigenvalue weighted by Gasteiger charge is -2.27. The van der Waals surface area contributed by atoms with Gasteiger partial charge in [0.1, 0.15) is 0 Å². The molecule has 0 saturated heterocycles. The van der Waals surface area contributed by atoms with Crippen LogP contribution in [0.4, 0.5) is 8.78 Å². The summed E-state index contributed by atoms with van der Waals surface area (Å²) in [5.41, 5.74) is 3.29. The van der Waals surface area contributed by atoms with E-state index < -0.39 is 11.6 Å². The van der Waals surface area contributed by atoms with Crippen LogP contribution in [0.3, 0.4) is 0 Å². The summed E-state index contributed by atoms with van der Waals surface area (Å²) in [5, 5.41) is 0. The second-order valence-corrected chi connectivity index (χ2v) is 8.71. The monoisotopic (exact) mass is 438 g/mol. The predicted octanol–water partition coefficient (Wildman–Crippen LogP) is 8.34. The van der Waals surface area contributed by atoms with Gasteiger partial charge in [0.05, 0.1) is 6.61 Å². The number of hydrogen-bond acceptors (Lipinski definition) is 1. The third-order valence-corrected chi connectivity index (χ3v) is 6.47. The summed E-state index contributed by atoms with van der Waals surface area (Å²) in [7, 11) is 0. The van der Waals surface area contributed by atoms with E-state index in [9.17, 15) is 8.78 Å². The van der Waals surface area contributed by atoms with Gasteiger partial charge in [-0.15, -0.1) is 0 Å².